The van der Waals surface area contributed by atoms with Gasteiger partial charge in [-0.1, -0.05) is 0 Å². The molecule has 7 nitrogen and oxygen atoms in total. The Balaban J connectivity index is 1.74. The van der Waals surface area contributed by atoms with Crippen molar-refractivity contribution in [1.29, 1.82) is 0 Å². The standard InChI is InChI=1S/C15H19N3O4S/c1-18(8-3-4-14(20)21-2)13(19)6-5-12-16-17-15(22-12)11-7-9-23-10-11/h7,9-10H,3-6,8H2,1-2H3. The Morgan fingerprint density at radius 2 is 2.17 bits per heavy atom. The van der Waals surface area contributed by atoms with Gasteiger partial charge in [0.05, 0.1) is 7.11 Å². The molecule has 0 spiro atoms. The average Bonchev–Trinajstić information content (AvgIpc) is 3.23. The molecule has 0 N–H and O–H groups in total. The first-order valence-electron chi connectivity index (χ1n) is 7.26. The predicted octanol–water partition coefficient (Wildman–Crippen LogP) is 2.14. The van der Waals surface area contributed by atoms with Gasteiger partial charge in [-0.2, -0.15) is 11.3 Å². The normalized spacial score (nSPS) is 10.5. The topological polar surface area (TPSA) is 85.5 Å². The smallest absolute Gasteiger partial charge is 0.305 e. The van der Waals surface area contributed by atoms with E-state index in [-0.39, 0.29) is 11.9 Å². The fraction of sp³-hybridized carbons (Fsp3) is 0.467. The third-order valence-electron chi connectivity index (χ3n) is 3.32. The summed E-state index contributed by atoms with van der Waals surface area (Å²) in [6.45, 7) is 0.512. The molecule has 0 aliphatic rings. The van der Waals surface area contributed by atoms with Gasteiger partial charge in [-0.3, -0.25) is 9.59 Å². The SMILES string of the molecule is COC(=O)CCCN(C)C(=O)CCc1nnc(-c2ccsc2)o1. The van der Waals surface area contributed by atoms with Crippen LogP contribution in [0.4, 0.5) is 0 Å². The molecule has 0 aromatic carbocycles. The maximum absolute atomic E-state index is 12.0. The molecule has 0 unspecified atom stereocenters. The highest BCUT2D eigenvalue weighted by molar-refractivity contribution is 7.08. The maximum Gasteiger partial charge on any atom is 0.305 e. The third kappa shape index (κ3) is 5.17. The number of carbonyl (C=O) groups excluding carboxylic acids is 2. The number of aromatic nitrogens is 2. The average molecular weight is 337 g/mol. The molecule has 0 aliphatic heterocycles. The Kier molecular flexibility index (Phi) is 6.28. The number of hydrogen-bond acceptors (Lipinski definition) is 7. The Labute approximate surface area is 138 Å². The second-order valence-electron chi connectivity index (χ2n) is 5.01. The van der Waals surface area contributed by atoms with E-state index in [0.29, 0.717) is 44.0 Å². The molecule has 2 aromatic rings. The van der Waals surface area contributed by atoms with Gasteiger partial charge in [0.1, 0.15) is 0 Å². The van der Waals surface area contributed by atoms with Gasteiger partial charge in [0.25, 0.3) is 0 Å². The largest absolute Gasteiger partial charge is 0.469 e. The highest BCUT2D eigenvalue weighted by Crippen LogP contribution is 2.20. The lowest BCUT2D eigenvalue weighted by Crippen LogP contribution is -2.28. The Hall–Kier alpha value is -2.22. The summed E-state index contributed by atoms with van der Waals surface area (Å²) in [6.07, 6.45) is 1.58. The molecular formula is C15H19N3O4S. The van der Waals surface area contributed by atoms with Crippen LogP contribution in [0, 0.1) is 0 Å². The molecule has 8 heteroatoms. The number of thiophene rings is 1. The number of ether oxygens (including phenoxy) is 1. The molecule has 1 amide bonds. The number of carbonyl (C=O) groups is 2. The van der Waals surface area contributed by atoms with Crippen LogP contribution in [0.5, 0.6) is 0 Å². The summed E-state index contributed by atoms with van der Waals surface area (Å²) >= 11 is 1.56. The zero-order valence-electron chi connectivity index (χ0n) is 13.2. The molecule has 2 aromatic heterocycles. The van der Waals surface area contributed by atoms with Crippen LogP contribution >= 0.6 is 11.3 Å². The van der Waals surface area contributed by atoms with E-state index in [2.05, 4.69) is 14.9 Å². The van der Waals surface area contributed by atoms with E-state index >= 15 is 0 Å². The first-order valence-corrected chi connectivity index (χ1v) is 8.20. The van der Waals surface area contributed by atoms with Gasteiger partial charge in [0.2, 0.25) is 17.7 Å². The molecule has 2 heterocycles. The molecule has 0 fully saturated rings. The summed E-state index contributed by atoms with van der Waals surface area (Å²) < 4.78 is 10.1. The van der Waals surface area contributed by atoms with Gasteiger partial charge < -0.3 is 14.1 Å². The van der Waals surface area contributed by atoms with E-state index in [1.54, 1.807) is 23.3 Å². The molecule has 0 aliphatic carbocycles. The quantitative estimate of drug-likeness (QED) is 0.686. The lowest BCUT2D eigenvalue weighted by atomic mass is 10.2. The number of esters is 1. The fourth-order valence-electron chi connectivity index (χ4n) is 1.95. The molecule has 23 heavy (non-hydrogen) atoms. The van der Waals surface area contributed by atoms with E-state index in [9.17, 15) is 9.59 Å². The molecule has 0 saturated heterocycles. The third-order valence-corrected chi connectivity index (χ3v) is 4.00. The second-order valence-corrected chi connectivity index (χ2v) is 5.79. The number of aryl methyl sites for hydroxylation is 1. The van der Waals surface area contributed by atoms with E-state index in [0.717, 1.165) is 5.56 Å². The summed E-state index contributed by atoms with van der Waals surface area (Å²) in [5.41, 5.74) is 0.889. The van der Waals surface area contributed by atoms with Crippen molar-refractivity contribution in [2.75, 3.05) is 20.7 Å². The first kappa shape index (κ1) is 17.1. The molecule has 0 saturated carbocycles. The number of hydrogen-bond donors (Lipinski definition) is 0. The number of methoxy groups -OCH3 is 1. The van der Waals surface area contributed by atoms with E-state index in [1.165, 1.54) is 7.11 Å². The fourth-order valence-corrected chi connectivity index (χ4v) is 2.58. The number of amides is 1. The van der Waals surface area contributed by atoms with Crippen molar-refractivity contribution >= 4 is 23.2 Å². The lowest BCUT2D eigenvalue weighted by molar-refractivity contribution is -0.141. The van der Waals surface area contributed by atoms with Crippen LogP contribution in [0.15, 0.2) is 21.2 Å². The molecule has 0 atom stereocenters. The van der Waals surface area contributed by atoms with Gasteiger partial charge in [-0.25, -0.2) is 0 Å². The zero-order chi connectivity index (χ0) is 16.7. The predicted molar refractivity (Wildman–Crippen MR) is 84.8 cm³/mol. The van der Waals surface area contributed by atoms with Crippen LogP contribution in [-0.4, -0.2) is 47.7 Å². The van der Waals surface area contributed by atoms with Crippen molar-refractivity contribution < 1.29 is 18.7 Å². The van der Waals surface area contributed by atoms with Crippen molar-refractivity contribution in [3.8, 4) is 11.5 Å². The van der Waals surface area contributed by atoms with Gasteiger partial charge in [-0.15, -0.1) is 10.2 Å². The van der Waals surface area contributed by atoms with Crippen molar-refractivity contribution in [1.82, 2.24) is 15.1 Å². The van der Waals surface area contributed by atoms with Crippen LogP contribution in [0.3, 0.4) is 0 Å². The van der Waals surface area contributed by atoms with Gasteiger partial charge >= 0.3 is 5.97 Å². The van der Waals surface area contributed by atoms with Crippen molar-refractivity contribution in [3.05, 3.63) is 22.7 Å². The number of rotatable bonds is 8. The van der Waals surface area contributed by atoms with E-state index < -0.39 is 0 Å². The van der Waals surface area contributed by atoms with Crippen molar-refractivity contribution in [2.45, 2.75) is 25.7 Å². The van der Waals surface area contributed by atoms with Gasteiger partial charge in [-0.05, 0) is 17.9 Å². The summed E-state index contributed by atoms with van der Waals surface area (Å²) in [5.74, 6) is 0.630. The summed E-state index contributed by atoms with van der Waals surface area (Å²) in [7, 11) is 3.07. The minimum absolute atomic E-state index is 0.0230. The van der Waals surface area contributed by atoms with Crippen molar-refractivity contribution in [2.24, 2.45) is 0 Å². The monoisotopic (exact) mass is 337 g/mol. The Bertz CT molecular complexity index is 639. The van der Waals surface area contributed by atoms with E-state index in [1.807, 2.05) is 16.8 Å². The lowest BCUT2D eigenvalue weighted by Gasteiger charge is -2.16. The van der Waals surface area contributed by atoms with Gasteiger partial charge in [0.15, 0.2) is 0 Å². The minimum atomic E-state index is -0.266. The molecule has 0 radical (unpaired) electrons. The van der Waals surface area contributed by atoms with Gasteiger partial charge in [0, 0.05) is 43.8 Å². The zero-order valence-corrected chi connectivity index (χ0v) is 14.0. The summed E-state index contributed by atoms with van der Waals surface area (Å²) in [5, 5.41) is 11.8. The highest BCUT2D eigenvalue weighted by atomic mass is 32.1. The second kappa shape index (κ2) is 8.42. The minimum Gasteiger partial charge on any atom is -0.469 e. The number of nitrogens with zero attached hydrogens (tertiary/aromatic N) is 3. The van der Waals surface area contributed by atoms with Crippen LogP contribution in [0.2, 0.25) is 0 Å². The van der Waals surface area contributed by atoms with Crippen LogP contribution in [-0.2, 0) is 20.7 Å². The Morgan fingerprint density at radius 3 is 2.87 bits per heavy atom. The molecular weight excluding hydrogens is 318 g/mol. The molecule has 2 rings (SSSR count). The molecule has 0 bridgehead atoms. The Morgan fingerprint density at radius 1 is 1.35 bits per heavy atom. The van der Waals surface area contributed by atoms with Crippen molar-refractivity contribution in [3.63, 3.8) is 0 Å². The van der Waals surface area contributed by atoms with Crippen LogP contribution in [0.25, 0.3) is 11.5 Å². The maximum atomic E-state index is 12.0. The summed E-state index contributed by atoms with van der Waals surface area (Å²) in [4.78, 5) is 24.6. The highest BCUT2D eigenvalue weighted by Gasteiger charge is 2.13. The first-order chi connectivity index (χ1) is 11.1. The van der Waals surface area contributed by atoms with Crippen LogP contribution < -0.4 is 0 Å². The summed E-state index contributed by atoms with van der Waals surface area (Å²) in [6, 6.07) is 1.90. The molecule has 124 valence electrons. The van der Waals surface area contributed by atoms with Crippen LogP contribution in [0.1, 0.15) is 25.2 Å². The van der Waals surface area contributed by atoms with E-state index in [4.69, 9.17) is 4.42 Å².